The first-order valence-corrected chi connectivity index (χ1v) is 12.8. The molecule has 0 spiro atoms. The van der Waals surface area contributed by atoms with Gasteiger partial charge in [-0.15, -0.1) is 0 Å². The second kappa shape index (κ2) is 10.3. The molecular weight excluding hydrogens is 430 g/mol. The number of piperazine rings is 1. The lowest BCUT2D eigenvalue weighted by Crippen LogP contribution is -2.52. The molecule has 0 aromatic heterocycles. The maximum atomic E-state index is 13.3. The van der Waals surface area contributed by atoms with E-state index in [0.29, 0.717) is 50.8 Å². The molecule has 1 aromatic carbocycles. The Morgan fingerprint density at radius 3 is 2.25 bits per heavy atom. The van der Waals surface area contributed by atoms with Gasteiger partial charge in [0.05, 0.1) is 24.0 Å². The Morgan fingerprint density at radius 1 is 1.03 bits per heavy atom. The summed E-state index contributed by atoms with van der Waals surface area (Å²) in [7, 11) is -3.57. The summed E-state index contributed by atoms with van der Waals surface area (Å²) in [5, 5.41) is 0. The zero-order chi connectivity index (χ0) is 23.5. The lowest BCUT2D eigenvalue weighted by Gasteiger charge is -2.36. The Labute approximate surface area is 191 Å². The van der Waals surface area contributed by atoms with Gasteiger partial charge in [0.15, 0.2) is 0 Å². The molecule has 2 heterocycles. The molecule has 0 radical (unpaired) electrons. The largest absolute Gasteiger partial charge is 0.466 e. The van der Waals surface area contributed by atoms with Crippen LogP contribution < -0.4 is 0 Å². The molecule has 0 bridgehead atoms. The minimum Gasteiger partial charge on any atom is -0.466 e. The van der Waals surface area contributed by atoms with Crippen LogP contribution in [0.3, 0.4) is 0 Å². The maximum absolute atomic E-state index is 13.3. The Hall–Kier alpha value is -1.97. The summed E-state index contributed by atoms with van der Waals surface area (Å²) >= 11 is 0. The van der Waals surface area contributed by atoms with E-state index in [-0.39, 0.29) is 24.3 Å². The molecule has 178 valence electrons. The highest BCUT2D eigenvalue weighted by Gasteiger charge is 2.33. The predicted octanol–water partition coefficient (Wildman–Crippen LogP) is 1.72. The molecular formula is C23H35N3O5S. The minimum atomic E-state index is -3.57. The fourth-order valence-corrected chi connectivity index (χ4v) is 6.61. The molecule has 0 aliphatic carbocycles. The molecule has 9 heteroatoms. The van der Waals surface area contributed by atoms with E-state index in [0.717, 1.165) is 29.5 Å². The van der Waals surface area contributed by atoms with E-state index in [2.05, 4.69) is 0 Å². The van der Waals surface area contributed by atoms with Crippen LogP contribution in [0.4, 0.5) is 0 Å². The number of esters is 1. The van der Waals surface area contributed by atoms with Crippen molar-refractivity contribution >= 4 is 21.9 Å². The zero-order valence-electron chi connectivity index (χ0n) is 19.6. The lowest BCUT2D eigenvalue weighted by atomic mass is 9.98. The van der Waals surface area contributed by atoms with E-state index in [9.17, 15) is 18.0 Å². The highest BCUT2D eigenvalue weighted by Crippen LogP contribution is 2.26. The van der Waals surface area contributed by atoms with Crippen molar-refractivity contribution in [2.45, 2.75) is 45.4 Å². The van der Waals surface area contributed by atoms with Crippen molar-refractivity contribution in [1.82, 2.24) is 14.1 Å². The van der Waals surface area contributed by atoms with E-state index < -0.39 is 10.0 Å². The number of ether oxygens (including phenoxy) is 1. The monoisotopic (exact) mass is 465 g/mol. The van der Waals surface area contributed by atoms with Crippen molar-refractivity contribution in [3.8, 4) is 0 Å². The van der Waals surface area contributed by atoms with Crippen LogP contribution in [0.15, 0.2) is 17.0 Å². The summed E-state index contributed by atoms with van der Waals surface area (Å²) in [5.74, 6) is -0.498. The van der Waals surface area contributed by atoms with E-state index >= 15 is 0 Å². The van der Waals surface area contributed by atoms with Gasteiger partial charge in [-0.05, 0) is 51.7 Å². The third-order valence-electron chi connectivity index (χ3n) is 6.29. The van der Waals surface area contributed by atoms with Gasteiger partial charge in [-0.1, -0.05) is 17.7 Å². The number of piperidine rings is 1. The summed E-state index contributed by atoms with van der Waals surface area (Å²) in [6, 6.07) is 3.80. The number of carbonyl (C=O) groups is 2. The lowest BCUT2D eigenvalue weighted by molar-refractivity contribution is -0.151. The molecule has 0 unspecified atom stereocenters. The molecule has 2 aliphatic rings. The second-order valence-electron chi connectivity index (χ2n) is 8.84. The number of carbonyl (C=O) groups excluding carboxylic acids is 2. The molecule has 1 atom stereocenters. The van der Waals surface area contributed by atoms with Crippen molar-refractivity contribution in [3.63, 3.8) is 0 Å². The van der Waals surface area contributed by atoms with Gasteiger partial charge in [0.25, 0.3) is 0 Å². The van der Waals surface area contributed by atoms with Gasteiger partial charge in [-0.3, -0.25) is 14.5 Å². The Bertz CT molecular complexity index is 931. The molecule has 0 saturated carbocycles. The molecule has 2 saturated heterocycles. The first-order chi connectivity index (χ1) is 15.1. The van der Waals surface area contributed by atoms with Crippen LogP contribution in [-0.4, -0.2) is 86.8 Å². The molecule has 32 heavy (non-hydrogen) atoms. The van der Waals surface area contributed by atoms with Gasteiger partial charge in [0, 0.05) is 39.3 Å². The van der Waals surface area contributed by atoms with Crippen LogP contribution in [0.2, 0.25) is 0 Å². The zero-order valence-corrected chi connectivity index (χ0v) is 20.4. The number of aryl methyl sites for hydroxylation is 3. The predicted molar refractivity (Wildman–Crippen MR) is 122 cm³/mol. The van der Waals surface area contributed by atoms with Crippen LogP contribution in [0.1, 0.15) is 36.5 Å². The summed E-state index contributed by atoms with van der Waals surface area (Å²) in [6.45, 7) is 10.8. The van der Waals surface area contributed by atoms with Gasteiger partial charge >= 0.3 is 5.97 Å². The number of rotatable bonds is 6. The van der Waals surface area contributed by atoms with Crippen LogP contribution in [0.25, 0.3) is 0 Å². The third-order valence-corrected chi connectivity index (χ3v) is 8.49. The molecule has 2 fully saturated rings. The first-order valence-electron chi connectivity index (χ1n) is 11.4. The number of nitrogens with zero attached hydrogens (tertiary/aromatic N) is 3. The van der Waals surface area contributed by atoms with E-state index in [1.165, 1.54) is 4.31 Å². The van der Waals surface area contributed by atoms with Crippen molar-refractivity contribution in [2.75, 3.05) is 52.4 Å². The van der Waals surface area contributed by atoms with Crippen LogP contribution in [0.5, 0.6) is 0 Å². The van der Waals surface area contributed by atoms with Crippen molar-refractivity contribution in [2.24, 2.45) is 5.92 Å². The summed E-state index contributed by atoms with van der Waals surface area (Å²) in [6.07, 6.45) is 1.54. The summed E-state index contributed by atoms with van der Waals surface area (Å²) in [4.78, 5) is 29.0. The number of amides is 1. The fourth-order valence-electron chi connectivity index (χ4n) is 4.78. The van der Waals surface area contributed by atoms with Crippen LogP contribution in [0, 0.1) is 26.7 Å². The summed E-state index contributed by atoms with van der Waals surface area (Å²) < 4.78 is 33.2. The molecule has 1 aromatic rings. The molecule has 8 nitrogen and oxygen atoms in total. The Morgan fingerprint density at radius 2 is 1.66 bits per heavy atom. The SMILES string of the molecule is CCOC(=O)[C@H]1CCCN(C(=O)CN2CCN(S(=O)(=O)c3c(C)cc(C)cc3C)CC2)C1. The number of likely N-dealkylation sites (tertiary alicyclic amines) is 1. The van der Waals surface area contributed by atoms with Crippen molar-refractivity contribution in [1.29, 1.82) is 0 Å². The highest BCUT2D eigenvalue weighted by atomic mass is 32.2. The third kappa shape index (κ3) is 5.50. The van der Waals surface area contributed by atoms with Crippen molar-refractivity contribution < 1.29 is 22.7 Å². The quantitative estimate of drug-likeness (QED) is 0.595. The van der Waals surface area contributed by atoms with Gasteiger partial charge in [-0.2, -0.15) is 4.31 Å². The van der Waals surface area contributed by atoms with Crippen LogP contribution in [-0.2, 0) is 24.3 Å². The second-order valence-corrected chi connectivity index (χ2v) is 10.7. The van der Waals surface area contributed by atoms with Gasteiger partial charge in [0.1, 0.15) is 0 Å². The molecule has 1 amide bonds. The average molecular weight is 466 g/mol. The number of hydrogen-bond acceptors (Lipinski definition) is 6. The Balaban J connectivity index is 1.57. The van der Waals surface area contributed by atoms with Crippen molar-refractivity contribution in [3.05, 3.63) is 28.8 Å². The van der Waals surface area contributed by atoms with E-state index in [1.807, 2.05) is 37.8 Å². The van der Waals surface area contributed by atoms with Gasteiger partial charge in [-0.25, -0.2) is 8.42 Å². The van der Waals surface area contributed by atoms with Gasteiger partial charge in [0.2, 0.25) is 15.9 Å². The minimum absolute atomic E-state index is 0.0134. The molecule has 3 rings (SSSR count). The normalized spacial score (nSPS) is 20.9. The van der Waals surface area contributed by atoms with Gasteiger partial charge < -0.3 is 9.64 Å². The smallest absolute Gasteiger partial charge is 0.310 e. The average Bonchev–Trinajstić information content (AvgIpc) is 2.73. The molecule has 0 N–H and O–H groups in total. The maximum Gasteiger partial charge on any atom is 0.310 e. The van der Waals surface area contributed by atoms with E-state index in [4.69, 9.17) is 4.74 Å². The number of hydrogen-bond donors (Lipinski definition) is 0. The standard InChI is InChI=1S/C23H35N3O5S/c1-5-31-23(28)20-7-6-8-25(15-20)21(27)16-24-9-11-26(12-10-24)32(29,30)22-18(3)13-17(2)14-19(22)4/h13-14,20H,5-12,15-16H2,1-4H3/t20-/m0/s1. The first kappa shape index (κ1) is 24.7. The number of sulfonamides is 1. The number of benzene rings is 1. The fraction of sp³-hybridized carbons (Fsp3) is 0.652. The highest BCUT2D eigenvalue weighted by molar-refractivity contribution is 7.89. The Kier molecular flexibility index (Phi) is 7.95. The van der Waals surface area contributed by atoms with Crippen LogP contribution >= 0.6 is 0 Å². The molecule has 2 aliphatic heterocycles. The van der Waals surface area contributed by atoms with E-state index in [1.54, 1.807) is 11.8 Å². The summed E-state index contributed by atoms with van der Waals surface area (Å²) in [5.41, 5.74) is 2.58. The topological polar surface area (TPSA) is 87.2 Å².